The Morgan fingerprint density at radius 2 is 2.13 bits per heavy atom. The summed E-state index contributed by atoms with van der Waals surface area (Å²) in [5, 5.41) is 5.42. The summed E-state index contributed by atoms with van der Waals surface area (Å²) < 4.78 is 5.28. The van der Waals surface area contributed by atoms with E-state index in [0.29, 0.717) is 35.2 Å². The number of thiophene rings is 2. The first kappa shape index (κ1) is 16.3. The highest BCUT2D eigenvalue weighted by molar-refractivity contribution is 7.17. The fourth-order valence-corrected chi connectivity index (χ4v) is 4.05. The van der Waals surface area contributed by atoms with Gasteiger partial charge in [-0.3, -0.25) is 14.5 Å². The number of nitrogens with one attached hydrogen (secondary N) is 1. The topological polar surface area (TPSA) is 58.6 Å². The number of amides is 1. The van der Waals surface area contributed by atoms with E-state index in [1.807, 2.05) is 24.4 Å². The van der Waals surface area contributed by atoms with Crippen molar-refractivity contribution in [2.75, 3.05) is 38.2 Å². The Kier molecular flexibility index (Phi) is 5.22. The van der Waals surface area contributed by atoms with Gasteiger partial charge in [0.05, 0.1) is 30.2 Å². The van der Waals surface area contributed by atoms with Crippen molar-refractivity contribution in [3.8, 4) is 0 Å². The van der Waals surface area contributed by atoms with Gasteiger partial charge in [-0.1, -0.05) is 6.07 Å². The first-order chi connectivity index (χ1) is 11.1. The third-order valence-electron chi connectivity index (χ3n) is 3.57. The molecule has 0 atom stereocenters. The first-order valence-electron chi connectivity index (χ1n) is 7.42. The molecule has 23 heavy (non-hydrogen) atoms. The summed E-state index contributed by atoms with van der Waals surface area (Å²) >= 11 is 2.85. The smallest absolute Gasteiger partial charge is 0.239 e. The van der Waals surface area contributed by atoms with E-state index < -0.39 is 0 Å². The molecule has 1 N–H and O–H groups in total. The van der Waals surface area contributed by atoms with Crippen molar-refractivity contribution in [1.29, 1.82) is 0 Å². The van der Waals surface area contributed by atoms with E-state index in [2.05, 4.69) is 10.2 Å². The van der Waals surface area contributed by atoms with Crippen molar-refractivity contribution < 1.29 is 14.3 Å². The lowest BCUT2D eigenvalue weighted by molar-refractivity contribution is -0.118. The minimum atomic E-state index is -0.0889. The summed E-state index contributed by atoms with van der Waals surface area (Å²) in [5.74, 6) is -0.125. The Morgan fingerprint density at radius 3 is 2.83 bits per heavy atom. The van der Waals surface area contributed by atoms with Gasteiger partial charge in [0.2, 0.25) is 11.7 Å². The number of carbonyl (C=O) groups excluding carboxylic acids is 2. The third-order valence-corrected chi connectivity index (χ3v) is 5.40. The zero-order valence-electron chi connectivity index (χ0n) is 12.8. The van der Waals surface area contributed by atoms with Crippen LogP contribution in [0.1, 0.15) is 20.1 Å². The maximum absolute atomic E-state index is 12.6. The molecule has 2 aromatic rings. The zero-order valence-corrected chi connectivity index (χ0v) is 14.5. The molecule has 3 heterocycles. The molecule has 5 nitrogen and oxygen atoms in total. The number of aryl methyl sites for hydroxylation is 1. The van der Waals surface area contributed by atoms with E-state index in [1.54, 1.807) is 6.07 Å². The van der Waals surface area contributed by atoms with Gasteiger partial charge >= 0.3 is 0 Å². The summed E-state index contributed by atoms with van der Waals surface area (Å²) in [7, 11) is 0. The maximum Gasteiger partial charge on any atom is 0.239 e. The number of morpholine rings is 1. The van der Waals surface area contributed by atoms with Crippen molar-refractivity contribution in [1.82, 2.24) is 4.90 Å². The molecule has 3 rings (SSSR count). The number of rotatable bonds is 5. The molecule has 0 spiro atoms. The van der Waals surface area contributed by atoms with E-state index in [4.69, 9.17) is 4.74 Å². The summed E-state index contributed by atoms with van der Waals surface area (Å²) in [6.07, 6.45) is 0. The van der Waals surface area contributed by atoms with E-state index >= 15 is 0 Å². The van der Waals surface area contributed by atoms with Crippen LogP contribution in [-0.4, -0.2) is 49.4 Å². The van der Waals surface area contributed by atoms with Crippen LogP contribution in [0.5, 0.6) is 0 Å². The molecule has 0 saturated carbocycles. The SMILES string of the molecule is Cc1cc(C(=O)c2cccs2)c(NC(=O)CN2CCOCC2)s1. The summed E-state index contributed by atoms with van der Waals surface area (Å²) in [6.45, 7) is 5.11. The minimum absolute atomic E-state index is 0.0361. The van der Waals surface area contributed by atoms with Crippen molar-refractivity contribution >= 4 is 39.4 Å². The molecule has 122 valence electrons. The van der Waals surface area contributed by atoms with Gasteiger partial charge in [-0.2, -0.15) is 0 Å². The van der Waals surface area contributed by atoms with Gasteiger partial charge in [0, 0.05) is 18.0 Å². The Hall–Kier alpha value is -1.54. The number of nitrogens with zero attached hydrogens (tertiary/aromatic N) is 1. The summed E-state index contributed by atoms with van der Waals surface area (Å²) in [4.78, 5) is 28.6. The van der Waals surface area contributed by atoms with Gasteiger partial charge in [0.15, 0.2) is 0 Å². The van der Waals surface area contributed by atoms with Crippen LogP contribution >= 0.6 is 22.7 Å². The van der Waals surface area contributed by atoms with Crippen LogP contribution in [0.15, 0.2) is 23.6 Å². The van der Waals surface area contributed by atoms with E-state index in [1.165, 1.54) is 22.7 Å². The Bertz CT molecular complexity index is 688. The van der Waals surface area contributed by atoms with E-state index in [9.17, 15) is 9.59 Å². The van der Waals surface area contributed by atoms with Crippen LogP contribution in [0.3, 0.4) is 0 Å². The van der Waals surface area contributed by atoms with Crippen molar-refractivity contribution in [2.45, 2.75) is 6.92 Å². The lowest BCUT2D eigenvalue weighted by Crippen LogP contribution is -2.41. The molecule has 1 amide bonds. The van der Waals surface area contributed by atoms with Gasteiger partial charge in [-0.15, -0.1) is 22.7 Å². The van der Waals surface area contributed by atoms with Gasteiger partial charge in [0.25, 0.3) is 0 Å². The molecule has 7 heteroatoms. The summed E-state index contributed by atoms with van der Waals surface area (Å²) in [5.41, 5.74) is 0.574. The minimum Gasteiger partial charge on any atom is -0.379 e. The van der Waals surface area contributed by atoms with Gasteiger partial charge in [0.1, 0.15) is 5.00 Å². The molecule has 0 bridgehead atoms. The Labute approximate surface area is 142 Å². The number of hydrogen-bond acceptors (Lipinski definition) is 6. The van der Waals surface area contributed by atoms with Crippen LogP contribution in [0.25, 0.3) is 0 Å². The number of ether oxygens (including phenoxy) is 1. The molecule has 0 unspecified atom stereocenters. The molecule has 0 aliphatic carbocycles. The lowest BCUT2D eigenvalue weighted by Gasteiger charge is -2.25. The zero-order chi connectivity index (χ0) is 16.2. The monoisotopic (exact) mass is 350 g/mol. The molecule has 2 aromatic heterocycles. The van der Waals surface area contributed by atoms with Gasteiger partial charge in [-0.25, -0.2) is 0 Å². The number of ketones is 1. The maximum atomic E-state index is 12.6. The molecule has 1 saturated heterocycles. The van der Waals surface area contributed by atoms with Crippen molar-refractivity contribution in [3.63, 3.8) is 0 Å². The predicted octanol–water partition coefficient (Wildman–Crippen LogP) is 2.62. The molecule has 1 aliphatic rings. The highest BCUT2D eigenvalue weighted by atomic mass is 32.1. The number of anilines is 1. The van der Waals surface area contributed by atoms with Crippen LogP contribution < -0.4 is 5.32 Å². The second-order valence-corrected chi connectivity index (χ2v) is 7.55. The van der Waals surface area contributed by atoms with Crippen LogP contribution in [0.4, 0.5) is 5.00 Å². The summed E-state index contributed by atoms with van der Waals surface area (Å²) in [6, 6.07) is 5.50. The van der Waals surface area contributed by atoms with Gasteiger partial charge < -0.3 is 10.1 Å². The lowest BCUT2D eigenvalue weighted by atomic mass is 10.1. The van der Waals surface area contributed by atoms with Crippen LogP contribution in [0, 0.1) is 6.92 Å². The second-order valence-electron chi connectivity index (χ2n) is 5.34. The third kappa shape index (κ3) is 4.06. The highest BCUT2D eigenvalue weighted by Crippen LogP contribution is 2.30. The average molecular weight is 350 g/mol. The first-order valence-corrected chi connectivity index (χ1v) is 9.11. The Morgan fingerprint density at radius 1 is 1.35 bits per heavy atom. The van der Waals surface area contributed by atoms with E-state index in [-0.39, 0.29) is 11.7 Å². The molecular weight excluding hydrogens is 332 g/mol. The molecule has 0 aromatic carbocycles. The molecule has 0 radical (unpaired) electrons. The fourth-order valence-electron chi connectivity index (χ4n) is 2.44. The molecule has 1 fully saturated rings. The molecular formula is C16H18N2O3S2. The normalized spacial score (nSPS) is 15.5. The number of hydrogen-bond donors (Lipinski definition) is 1. The highest BCUT2D eigenvalue weighted by Gasteiger charge is 2.20. The average Bonchev–Trinajstić information content (AvgIpc) is 3.17. The number of carbonyl (C=O) groups is 2. The van der Waals surface area contributed by atoms with E-state index in [0.717, 1.165) is 18.0 Å². The van der Waals surface area contributed by atoms with Gasteiger partial charge in [-0.05, 0) is 24.4 Å². The Balaban J connectivity index is 1.70. The second kappa shape index (κ2) is 7.35. The largest absolute Gasteiger partial charge is 0.379 e. The predicted molar refractivity (Wildman–Crippen MR) is 92.7 cm³/mol. The fraction of sp³-hybridized carbons (Fsp3) is 0.375. The van der Waals surface area contributed by atoms with Crippen molar-refractivity contribution in [2.24, 2.45) is 0 Å². The van der Waals surface area contributed by atoms with Crippen LogP contribution in [0.2, 0.25) is 0 Å². The van der Waals surface area contributed by atoms with Crippen LogP contribution in [-0.2, 0) is 9.53 Å². The molecule has 1 aliphatic heterocycles. The van der Waals surface area contributed by atoms with Crippen molar-refractivity contribution in [3.05, 3.63) is 38.9 Å². The standard InChI is InChI=1S/C16H18N2O3S2/c1-11-9-12(15(20)13-3-2-8-22-13)16(23-11)17-14(19)10-18-4-6-21-7-5-18/h2-3,8-9H,4-7,10H2,1H3,(H,17,19). The quantitative estimate of drug-likeness (QED) is 0.842.